The Kier molecular flexibility index (Phi) is 7.03. The quantitative estimate of drug-likeness (QED) is 0.508. The van der Waals surface area contributed by atoms with Crippen LogP contribution < -0.4 is 10.1 Å². The summed E-state index contributed by atoms with van der Waals surface area (Å²) in [5.74, 6) is -1.94. The van der Waals surface area contributed by atoms with Crippen molar-refractivity contribution >= 4 is 23.3 Å². The molecule has 0 aliphatic carbocycles. The first kappa shape index (κ1) is 22.0. The fourth-order valence-corrected chi connectivity index (χ4v) is 2.25. The maximum absolute atomic E-state index is 12.9. The van der Waals surface area contributed by atoms with Gasteiger partial charge in [-0.05, 0) is 37.6 Å². The van der Waals surface area contributed by atoms with Crippen molar-refractivity contribution in [2.45, 2.75) is 26.4 Å². The highest BCUT2D eigenvalue weighted by molar-refractivity contribution is 5.99. The number of alkyl halides is 3. The second-order valence-electron chi connectivity index (χ2n) is 6.04. The summed E-state index contributed by atoms with van der Waals surface area (Å²) in [6.07, 6.45) is -2.67. The fraction of sp³-hybridized carbons (Fsp3) is 0.316. The monoisotopic (exact) mass is 412 g/mol. The lowest BCUT2D eigenvalue weighted by atomic mass is 10.1. The topological polar surface area (TPSA) is 97.5 Å². The van der Waals surface area contributed by atoms with Crippen LogP contribution in [-0.4, -0.2) is 35.9 Å². The molecule has 29 heavy (non-hydrogen) atoms. The maximum Gasteiger partial charge on any atom is 0.416 e. The Morgan fingerprint density at radius 3 is 2.48 bits per heavy atom. The van der Waals surface area contributed by atoms with E-state index in [9.17, 15) is 27.6 Å². The second kappa shape index (κ2) is 9.26. The Labute approximate surface area is 164 Å². The standard InChI is InChI=1S/C19H19F3N2O5/c1-3-6-28-16-5-4-13(19(20,21)22)8-14(16)24-17(26)10-29-18(27)15-7-12(9-23-15)11(2)25/h4-5,7-9,23H,3,6,10H2,1-2H3,(H,24,26). The van der Waals surface area contributed by atoms with E-state index in [0.29, 0.717) is 6.42 Å². The number of anilines is 1. The Balaban J connectivity index is 2.05. The number of carbonyl (C=O) groups excluding carboxylic acids is 3. The molecule has 0 saturated heterocycles. The molecular formula is C19H19F3N2O5. The number of aromatic amines is 1. The molecule has 1 aromatic carbocycles. The number of halogens is 3. The molecule has 7 nitrogen and oxygen atoms in total. The molecule has 0 saturated carbocycles. The van der Waals surface area contributed by atoms with Gasteiger partial charge in [0.05, 0.1) is 17.9 Å². The Hall–Kier alpha value is -3.30. The van der Waals surface area contributed by atoms with Crippen LogP contribution in [0.2, 0.25) is 0 Å². The van der Waals surface area contributed by atoms with E-state index in [1.807, 2.05) is 6.92 Å². The van der Waals surface area contributed by atoms with Gasteiger partial charge in [0.25, 0.3) is 5.91 Å². The number of ether oxygens (including phenoxy) is 2. The highest BCUT2D eigenvalue weighted by Crippen LogP contribution is 2.35. The van der Waals surface area contributed by atoms with Gasteiger partial charge in [0.2, 0.25) is 0 Å². The number of aromatic nitrogens is 1. The lowest BCUT2D eigenvalue weighted by Crippen LogP contribution is -2.22. The molecule has 0 radical (unpaired) electrons. The van der Waals surface area contributed by atoms with E-state index >= 15 is 0 Å². The molecule has 0 aliphatic heterocycles. The molecule has 1 aromatic heterocycles. The normalized spacial score (nSPS) is 11.1. The molecule has 10 heteroatoms. The molecule has 156 valence electrons. The first-order chi connectivity index (χ1) is 13.6. The van der Waals surface area contributed by atoms with Gasteiger partial charge in [-0.1, -0.05) is 6.92 Å². The minimum atomic E-state index is -4.60. The molecule has 0 spiro atoms. The van der Waals surface area contributed by atoms with Gasteiger partial charge in [-0.3, -0.25) is 9.59 Å². The van der Waals surface area contributed by atoms with Gasteiger partial charge in [-0.25, -0.2) is 4.79 Å². The van der Waals surface area contributed by atoms with Gasteiger partial charge in [-0.2, -0.15) is 13.2 Å². The van der Waals surface area contributed by atoms with Crippen molar-refractivity contribution in [1.82, 2.24) is 4.98 Å². The number of nitrogens with one attached hydrogen (secondary N) is 2. The summed E-state index contributed by atoms with van der Waals surface area (Å²) in [6.45, 7) is 2.64. The third-order valence-electron chi connectivity index (χ3n) is 3.69. The van der Waals surface area contributed by atoms with E-state index in [0.717, 1.165) is 18.2 Å². The summed E-state index contributed by atoms with van der Waals surface area (Å²) in [7, 11) is 0. The minimum absolute atomic E-state index is 0.0333. The molecule has 2 N–H and O–H groups in total. The zero-order valence-electron chi connectivity index (χ0n) is 15.7. The summed E-state index contributed by atoms with van der Waals surface area (Å²) in [6, 6.07) is 3.97. The largest absolute Gasteiger partial charge is 0.491 e. The van der Waals surface area contributed by atoms with E-state index in [2.05, 4.69) is 10.3 Å². The summed E-state index contributed by atoms with van der Waals surface area (Å²) < 4.78 is 49.0. The number of amides is 1. The van der Waals surface area contributed by atoms with E-state index < -0.39 is 30.2 Å². The number of carbonyl (C=O) groups is 3. The molecule has 0 unspecified atom stereocenters. The van der Waals surface area contributed by atoms with E-state index in [4.69, 9.17) is 9.47 Å². The zero-order valence-corrected chi connectivity index (χ0v) is 15.7. The molecule has 0 fully saturated rings. The van der Waals surface area contributed by atoms with Crippen LogP contribution in [0, 0.1) is 0 Å². The number of hydrogen-bond donors (Lipinski definition) is 2. The van der Waals surface area contributed by atoms with Crippen LogP contribution in [0.4, 0.5) is 18.9 Å². The van der Waals surface area contributed by atoms with Crippen molar-refractivity contribution in [3.8, 4) is 5.75 Å². The molecule has 0 aliphatic rings. The third-order valence-corrected chi connectivity index (χ3v) is 3.69. The first-order valence-corrected chi connectivity index (χ1v) is 8.62. The Morgan fingerprint density at radius 2 is 1.90 bits per heavy atom. The molecular weight excluding hydrogens is 393 g/mol. The number of esters is 1. The van der Waals surface area contributed by atoms with Crippen molar-refractivity contribution in [3.05, 3.63) is 47.3 Å². The number of Topliss-reactive ketones (excluding diaryl/α,β-unsaturated/α-hetero) is 1. The Bertz CT molecular complexity index is 905. The predicted octanol–water partition coefficient (Wildman–Crippen LogP) is 3.82. The predicted molar refractivity (Wildman–Crippen MR) is 96.9 cm³/mol. The van der Waals surface area contributed by atoms with Crippen LogP contribution in [0.15, 0.2) is 30.5 Å². The lowest BCUT2D eigenvalue weighted by molar-refractivity contribution is -0.137. The van der Waals surface area contributed by atoms with E-state index in [1.165, 1.54) is 19.2 Å². The highest BCUT2D eigenvalue weighted by atomic mass is 19.4. The Morgan fingerprint density at radius 1 is 1.17 bits per heavy atom. The van der Waals surface area contributed by atoms with E-state index in [1.54, 1.807) is 0 Å². The van der Waals surface area contributed by atoms with Gasteiger partial charge in [0.15, 0.2) is 12.4 Å². The summed E-state index contributed by atoms with van der Waals surface area (Å²) in [5.41, 5.74) is -0.915. The number of hydrogen-bond acceptors (Lipinski definition) is 5. The highest BCUT2D eigenvalue weighted by Gasteiger charge is 2.31. The van der Waals surface area contributed by atoms with Crippen LogP contribution >= 0.6 is 0 Å². The van der Waals surface area contributed by atoms with Crippen molar-refractivity contribution in [1.29, 1.82) is 0 Å². The van der Waals surface area contributed by atoms with Gasteiger partial charge < -0.3 is 19.8 Å². The van der Waals surface area contributed by atoms with Gasteiger partial charge >= 0.3 is 12.1 Å². The van der Waals surface area contributed by atoms with Crippen molar-refractivity contribution in [2.75, 3.05) is 18.5 Å². The molecule has 0 atom stereocenters. The molecule has 2 rings (SSSR count). The SMILES string of the molecule is CCCOc1ccc(C(F)(F)F)cc1NC(=O)COC(=O)c1cc(C(C)=O)c[nH]1. The second-order valence-corrected chi connectivity index (χ2v) is 6.04. The third kappa shape index (κ3) is 6.09. The van der Waals surface area contributed by atoms with Crippen LogP contribution in [-0.2, 0) is 15.7 Å². The number of H-pyrrole nitrogens is 1. The molecule has 0 bridgehead atoms. The number of ketones is 1. The lowest BCUT2D eigenvalue weighted by Gasteiger charge is -2.15. The van der Waals surface area contributed by atoms with Crippen LogP contribution in [0.3, 0.4) is 0 Å². The number of benzene rings is 1. The smallest absolute Gasteiger partial charge is 0.416 e. The first-order valence-electron chi connectivity index (χ1n) is 8.62. The zero-order chi connectivity index (χ0) is 21.6. The number of rotatable bonds is 8. The van der Waals surface area contributed by atoms with Crippen LogP contribution in [0.1, 0.15) is 46.7 Å². The average molecular weight is 412 g/mol. The van der Waals surface area contributed by atoms with Gasteiger partial charge in [0, 0.05) is 11.8 Å². The minimum Gasteiger partial charge on any atom is -0.491 e. The van der Waals surface area contributed by atoms with Crippen molar-refractivity contribution < 1.29 is 37.0 Å². The van der Waals surface area contributed by atoms with Gasteiger partial charge in [-0.15, -0.1) is 0 Å². The molecule has 1 heterocycles. The average Bonchev–Trinajstić information content (AvgIpc) is 3.15. The van der Waals surface area contributed by atoms with Crippen molar-refractivity contribution in [2.24, 2.45) is 0 Å². The maximum atomic E-state index is 12.9. The van der Waals surface area contributed by atoms with Crippen LogP contribution in [0.25, 0.3) is 0 Å². The van der Waals surface area contributed by atoms with Crippen LogP contribution in [0.5, 0.6) is 5.75 Å². The summed E-state index contributed by atoms with van der Waals surface area (Å²) >= 11 is 0. The van der Waals surface area contributed by atoms with Gasteiger partial charge in [0.1, 0.15) is 11.4 Å². The summed E-state index contributed by atoms with van der Waals surface area (Å²) in [5, 5.41) is 2.26. The molecule has 1 amide bonds. The summed E-state index contributed by atoms with van der Waals surface area (Å²) in [4.78, 5) is 37.7. The van der Waals surface area contributed by atoms with E-state index in [-0.39, 0.29) is 35.1 Å². The fourth-order valence-electron chi connectivity index (χ4n) is 2.25. The molecule has 2 aromatic rings. The van der Waals surface area contributed by atoms with Crippen molar-refractivity contribution in [3.63, 3.8) is 0 Å².